The minimum Gasteiger partial charge on any atom is -0.493 e. The van der Waals surface area contributed by atoms with Gasteiger partial charge in [-0.15, -0.1) is 11.3 Å². The van der Waals surface area contributed by atoms with E-state index in [-0.39, 0.29) is 0 Å². The summed E-state index contributed by atoms with van der Waals surface area (Å²) >= 11 is 5.42. The molecule has 4 heteroatoms. The summed E-state index contributed by atoms with van der Waals surface area (Å²) in [5, 5.41) is 5.59. The predicted octanol–water partition coefficient (Wildman–Crippen LogP) is 3.82. The van der Waals surface area contributed by atoms with Crippen molar-refractivity contribution in [2.24, 2.45) is 0 Å². The maximum Gasteiger partial charge on any atom is 0.122 e. The molecule has 1 aromatic carbocycles. The molecule has 1 N–H and O–H groups in total. The SMILES string of the molecule is CNC(Cc1sccc1Br)C1COc2ccccc21. The number of ether oxygens (including phenoxy) is 1. The van der Waals surface area contributed by atoms with Crippen LogP contribution in [0.5, 0.6) is 5.75 Å². The number of hydrogen-bond acceptors (Lipinski definition) is 3. The van der Waals surface area contributed by atoms with Crippen molar-refractivity contribution in [2.75, 3.05) is 13.7 Å². The Morgan fingerprint density at radius 2 is 2.26 bits per heavy atom. The van der Waals surface area contributed by atoms with Crippen molar-refractivity contribution >= 4 is 27.3 Å². The van der Waals surface area contributed by atoms with Crippen LogP contribution < -0.4 is 10.1 Å². The van der Waals surface area contributed by atoms with Crippen LogP contribution in [0.2, 0.25) is 0 Å². The molecule has 0 saturated carbocycles. The normalized spacial score (nSPS) is 18.9. The van der Waals surface area contributed by atoms with Crippen molar-refractivity contribution in [3.63, 3.8) is 0 Å². The molecule has 0 bridgehead atoms. The molecule has 1 aliphatic rings. The number of para-hydroxylation sites is 1. The van der Waals surface area contributed by atoms with Crippen molar-refractivity contribution in [2.45, 2.75) is 18.4 Å². The second-order valence-electron chi connectivity index (χ2n) is 4.75. The van der Waals surface area contributed by atoms with Crippen molar-refractivity contribution in [3.8, 4) is 5.75 Å². The highest BCUT2D eigenvalue weighted by Crippen LogP contribution is 2.37. The number of benzene rings is 1. The minimum atomic E-state index is 0.401. The predicted molar refractivity (Wildman–Crippen MR) is 83.2 cm³/mol. The number of halogens is 1. The Balaban J connectivity index is 1.82. The Morgan fingerprint density at radius 3 is 3.00 bits per heavy atom. The largest absolute Gasteiger partial charge is 0.493 e. The van der Waals surface area contributed by atoms with Crippen molar-refractivity contribution in [1.29, 1.82) is 0 Å². The van der Waals surface area contributed by atoms with Crippen LogP contribution in [0.3, 0.4) is 0 Å². The first-order valence-corrected chi connectivity index (χ1v) is 8.07. The lowest BCUT2D eigenvalue weighted by molar-refractivity contribution is 0.302. The van der Waals surface area contributed by atoms with E-state index in [4.69, 9.17) is 4.74 Å². The lowest BCUT2D eigenvalue weighted by Gasteiger charge is -2.22. The highest BCUT2D eigenvalue weighted by atomic mass is 79.9. The molecule has 2 atom stereocenters. The number of thiophene rings is 1. The van der Waals surface area contributed by atoms with E-state index >= 15 is 0 Å². The van der Waals surface area contributed by atoms with E-state index in [1.807, 2.05) is 13.1 Å². The number of fused-ring (bicyclic) bond motifs is 1. The van der Waals surface area contributed by atoms with Gasteiger partial charge in [0.1, 0.15) is 5.75 Å². The molecule has 2 nitrogen and oxygen atoms in total. The summed E-state index contributed by atoms with van der Waals surface area (Å²) < 4.78 is 7.01. The molecular formula is C15H16BrNOS. The molecule has 0 fully saturated rings. The molecule has 2 aromatic rings. The third-order valence-electron chi connectivity index (χ3n) is 3.69. The van der Waals surface area contributed by atoms with Gasteiger partial charge in [0.2, 0.25) is 0 Å². The lowest BCUT2D eigenvalue weighted by atomic mass is 9.91. The molecule has 0 amide bonds. The maximum atomic E-state index is 5.79. The molecule has 100 valence electrons. The fraction of sp³-hybridized carbons (Fsp3) is 0.333. The molecule has 0 radical (unpaired) electrons. The molecule has 3 rings (SSSR count). The summed E-state index contributed by atoms with van der Waals surface area (Å²) in [7, 11) is 2.03. The molecule has 0 saturated heterocycles. The number of hydrogen-bond donors (Lipinski definition) is 1. The molecule has 0 spiro atoms. The quantitative estimate of drug-likeness (QED) is 0.915. The topological polar surface area (TPSA) is 21.3 Å². The smallest absolute Gasteiger partial charge is 0.122 e. The average Bonchev–Trinajstić information content (AvgIpc) is 3.03. The van der Waals surface area contributed by atoms with Gasteiger partial charge in [0.05, 0.1) is 6.61 Å². The summed E-state index contributed by atoms with van der Waals surface area (Å²) in [5.74, 6) is 1.47. The second-order valence-corrected chi connectivity index (χ2v) is 6.60. The highest BCUT2D eigenvalue weighted by molar-refractivity contribution is 9.10. The zero-order chi connectivity index (χ0) is 13.2. The van der Waals surface area contributed by atoms with Gasteiger partial charge in [-0.2, -0.15) is 0 Å². The van der Waals surface area contributed by atoms with Crippen LogP contribution in [0.4, 0.5) is 0 Å². The van der Waals surface area contributed by atoms with Crippen molar-refractivity contribution in [3.05, 3.63) is 50.6 Å². The van der Waals surface area contributed by atoms with Gasteiger partial charge in [-0.05, 0) is 46.9 Å². The first-order chi connectivity index (χ1) is 9.29. The summed E-state index contributed by atoms with van der Waals surface area (Å²) in [6.07, 6.45) is 1.02. The van der Waals surface area contributed by atoms with E-state index in [1.165, 1.54) is 14.9 Å². The van der Waals surface area contributed by atoms with E-state index < -0.39 is 0 Å². The average molecular weight is 338 g/mol. The van der Waals surface area contributed by atoms with Crippen LogP contribution in [0.15, 0.2) is 40.2 Å². The Bertz CT molecular complexity index is 569. The Morgan fingerprint density at radius 1 is 1.42 bits per heavy atom. The molecule has 1 aromatic heterocycles. The summed E-state index contributed by atoms with van der Waals surface area (Å²) in [6, 6.07) is 10.9. The van der Waals surface area contributed by atoms with E-state index in [0.29, 0.717) is 12.0 Å². The molecule has 1 aliphatic heterocycles. The second kappa shape index (κ2) is 5.65. The molecule has 2 unspecified atom stereocenters. The summed E-state index contributed by atoms with van der Waals surface area (Å²) in [5.41, 5.74) is 1.33. The zero-order valence-corrected chi connectivity index (χ0v) is 13.1. The van der Waals surface area contributed by atoms with Crippen LogP contribution in [-0.2, 0) is 6.42 Å². The standard InChI is InChI=1S/C15H16BrNOS/c1-17-13(8-15-12(16)6-7-19-15)11-9-18-14-5-3-2-4-10(11)14/h2-7,11,13,17H,8-9H2,1H3. The third-order valence-corrected chi connectivity index (χ3v) is 5.64. The summed E-state index contributed by atoms with van der Waals surface area (Å²) in [6.45, 7) is 0.772. The first-order valence-electron chi connectivity index (χ1n) is 6.40. The van der Waals surface area contributed by atoms with Crippen LogP contribution in [0.25, 0.3) is 0 Å². The molecule has 0 aliphatic carbocycles. The molecule has 2 heterocycles. The van der Waals surface area contributed by atoms with E-state index in [9.17, 15) is 0 Å². The van der Waals surface area contributed by atoms with E-state index in [2.05, 4.69) is 50.9 Å². The lowest BCUT2D eigenvalue weighted by Crippen LogP contribution is -2.34. The number of likely N-dealkylation sites (N-methyl/N-ethyl adjacent to an activating group) is 1. The van der Waals surface area contributed by atoms with Crippen molar-refractivity contribution < 1.29 is 4.74 Å². The fourth-order valence-electron chi connectivity index (χ4n) is 2.64. The Kier molecular flexibility index (Phi) is 3.91. The molecule has 19 heavy (non-hydrogen) atoms. The summed E-state index contributed by atoms with van der Waals surface area (Å²) in [4.78, 5) is 1.39. The Hall–Kier alpha value is -0.840. The first kappa shape index (κ1) is 13.2. The van der Waals surface area contributed by atoms with Gasteiger partial charge in [-0.1, -0.05) is 18.2 Å². The monoisotopic (exact) mass is 337 g/mol. The van der Waals surface area contributed by atoms with Gasteiger partial charge in [0.25, 0.3) is 0 Å². The Labute approximate surface area is 125 Å². The van der Waals surface area contributed by atoms with E-state index in [1.54, 1.807) is 11.3 Å². The van der Waals surface area contributed by atoms with Crippen LogP contribution in [0.1, 0.15) is 16.4 Å². The minimum absolute atomic E-state index is 0.401. The molecular weight excluding hydrogens is 322 g/mol. The number of nitrogens with one attached hydrogen (secondary N) is 1. The van der Waals surface area contributed by atoms with Crippen LogP contribution in [-0.4, -0.2) is 19.7 Å². The van der Waals surface area contributed by atoms with Gasteiger partial charge in [-0.3, -0.25) is 0 Å². The van der Waals surface area contributed by atoms with Gasteiger partial charge in [0, 0.05) is 26.9 Å². The number of rotatable bonds is 4. The van der Waals surface area contributed by atoms with Crippen molar-refractivity contribution in [1.82, 2.24) is 5.32 Å². The van der Waals surface area contributed by atoms with Gasteiger partial charge in [0.15, 0.2) is 0 Å². The zero-order valence-electron chi connectivity index (χ0n) is 10.7. The van der Waals surface area contributed by atoms with Crippen LogP contribution in [0, 0.1) is 0 Å². The van der Waals surface area contributed by atoms with Gasteiger partial charge in [-0.25, -0.2) is 0 Å². The fourth-order valence-corrected chi connectivity index (χ4v) is 4.21. The maximum absolute atomic E-state index is 5.79. The van der Waals surface area contributed by atoms with Gasteiger partial charge >= 0.3 is 0 Å². The third kappa shape index (κ3) is 2.57. The van der Waals surface area contributed by atoms with Gasteiger partial charge < -0.3 is 10.1 Å². The highest BCUT2D eigenvalue weighted by Gasteiger charge is 2.30. The van der Waals surface area contributed by atoms with Crippen LogP contribution >= 0.6 is 27.3 Å². The van der Waals surface area contributed by atoms with E-state index in [0.717, 1.165) is 18.8 Å².